The number of nitrogens with one attached hydrogen (secondary N) is 1. The molecular formula is C9H8ClNO. The third kappa shape index (κ3) is 1.48. The van der Waals surface area contributed by atoms with Gasteiger partial charge in [0.2, 0.25) is 5.56 Å². The van der Waals surface area contributed by atoms with E-state index in [0.717, 1.165) is 10.8 Å². The van der Waals surface area contributed by atoms with Crippen LogP contribution in [0.25, 0.3) is 10.8 Å². The summed E-state index contributed by atoms with van der Waals surface area (Å²) in [5.74, 6) is 0. The second kappa shape index (κ2) is 3.41. The molecule has 0 fully saturated rings. The van der Waals surface area contributed by atoms with Crippen LogP contribution in [0.2, 0.25) is 0 Å². The van der Waals surface area contributed by atoms with Crippen molar-refractivity contribution in [3.63, 3.8) is 0 Å². The highest BCUT2D eigenvalue weighted by Gasteiger charge is 1.89. The maximum absolute atomic E-state index is 10.8. The molecule has 0 saturated heterocycles. The standard InChI is InChI=1S/C9H7NO.ClH/c11-9-5-7-3-1-2-4-8(7)6-10-9;/h1-6H,(H,10,11);1H. The fourth-order valence-corrected chi connectivity index (χ4v) is 1.11. The van der Waals surface area contributed by atoms with Gasteiger partial charge in [-0.05, 0) is 10.8 Å². The van der Waals surface area contributed by atoms with Crippen LogP contribution in [-0.4, -0.2) is 4.98 Å². The number of rotatable bonds is 0. The molecule has 1 aromatic heterocycles. The van der Waals surface area contributed by atoms with Crippen molar-refractivity contribution in [3.8, 4) is 0 Å². The zero-order valence-electron chi connectivity index (χ0n) is 6.28. The first-order chi connectivity index (χ1) is 5.36. The van der Waals surface area contributed by atoms with Crippen molar-refractivity contribution in [2.24, 2.45) is 0 Å². The number of H-pyrrole nitrogens is 1. The van der Waals surface area contributed by atoms with E-state index >= 15 is 0 Å². The number of benzene rings is 1. The van der Waals surface area contributed by atoms with E-state index in [1.807, 2.05) is 24.3 Å². The Morgan fingerprint density at radius 1 is 1.08 bits per heavy atom. The number of halogens is 1. The minimum atomic E-state index is -0.0521. The van der Waals surface area contributed by atoms with Gasteiger partial charge in [0.05, 0.1) is 0 Å². The smallest absolute Gasteiger partial charge is 0.248 e. The molecule has 0 unspecified atom stereocenters. The molecule has 2 nitrogen and oxygen atoms in total. The summed E-state index contributed by atoms with van der Waals surface area (Å²) in [4.78, 5) is 13.4. The summed E-state index contributed by atoms with van der Waals surface area (Å²) in [5.41, 5.74) is -0.0521. The summed E-state index contributed by atoms with van der Waals surface area (Å²) in [7, 11) is 0. The lowest BCUT2D eigenvalue weighted by molar-refractivity contribution is 1.27. The topological polar surface area (TPSA) is 32.9 Å². The largest absolute Gasteiger partial charge is 0.328 e. The molecule has 0 aliphatic rings. The Hall–Kier alpha value is -1.28. The van der Waals surface area contributed by atoms with Crippen molar-refractivity contribution < 1.29 is 0 Å². The highest BCUT2D eigenvalue weighted by Crippen LogP contribution is 2.07. The predicted octanol–water partition coefficient (Wildman–Crippen LogP) is 1.95. The van der Waals surface area contributed by atoms with Gasteiger partial charge in [0.25, 0.3) is 0 Å². The fraction of sp³-hybridized carbons (Fsp3) is 0. The Balaban J connectivity index is 0.000000720. The van der Waals surface area contributed by atoms with Gasteiger partial charge in [0, 0.05) is 12.3 Å². The van der Waals surface area contributed by atoms with E-state index in [9.17, 15) is 4.79 Å². The normalized spacial score (nSPS) is 9.33. The van der Waals surface area contributed by atoms with Crippen LogP contribution < -0.4 is 5.56 Å². The van der Waals surface area contributed by atoms with Gasteiger partial charge in [-0.25, -0.2) is 0 Å². The molecular weight excluding hydrogens is 174 g/mol. The average molecular weight is 182 g/mol. The molecule has 0 bridgehead atoms. The highest BCUT2D eigenvalue weighted by molar-refractivity contribution is 5.85. The monoisotopic (exact) mass is 181 g/mol. The Labute approximate surface area is 75.6 Å². The first kappa shape index (κ1) is 8.81. The average Bonchev–Trinajstić information content (AvgIpc) is 2.04. The van der Waals surface area contributed by atoms with Crippen molar-refractivity contribution in [1.82, 2.24) is 4.98 Å². The number of hydrogen-bond donors (Lipinski definition) is 1. The third-order valence-corrected chi connectivity index (χ3v) is 1.65. The van der Waals surface area contributed by atoms with Crippen LogP contribution >= 0.6 is 12.4 Å². The van der Waals surface area contributed by atoms with Gasteiger partial charge >= 0.3 is 0 Å². The Morgan fingerprint density at radius 2 is 1.75 bits per heavy atom. The van der Waals surface area contributed by atoms with Gasteiger partial charge in [-0.1, -0.05) is 24.3 Å². The van der Waals surface area contributed by atoms with Crippen molar-refractivity contribution in [3.05, 3.63) is 46.9 Å². The summed E-state index contributed by atoms with van der Waals surface area (Å²) in [6.07, 6.45) is 1.72. The van der Waals surface area contributed by atoms with Crippen molar-refractivity contribution in [2.45, 2.75) is 0 Å². The minimum Gasteiger partial charge on any atom is -0.328 e. The summed E-state index contributed by atoms with van der Waals surface area (Å²) in [6.45, 7) is 0. The van der Waals surface area contributed by atoms with E-state index in [0.29, 0.717) is 0 Å². The Morgan fingerprint density at radius 3 is 2.50 bits per heavy atom. The zero-order valence-corrected chi connectivity index (χ0v) is 7.10. The van der Waals surface area contributed by atoms with Crippen molar-refractivity contribution >= 4 is 23.2 Å². The second-order valence-electron chi connectivity index (χ2n) is 2.43. The van der Waals surface area contributed by atoms with Crippen LogP contribution in [0.4, 0.5) is 0 Å². The summed E-state index contributed by atoms with van der Waals surface area (Å²) in [5, 5.41) is 2.04. The van der Waals surface area contributed by atoms with Crippen LogP contribution in [-0.2, 0) is 0 Å². The van der Waals surface area contributed by atoms with Crippen LogP contribution in [0.1, 0.15) is 0 Å². The quantitative estimate of drug-likeness (QED) is 0.662. The molecule has 2 rings (SSSR count). The van der Waals surface area contributed by atoms with Gasteiger partial charge in [-0.2, -0.15) is 0 Å². The van der Waals surface area contributed by atoms with Crippen molar-refractivity contribution in [1.29, 1.82) is 0 Å². The van der Waals surface area contributed by atoms with Crippen LogP contribution in [0, 0.1) is 0 Å². The fourth-order valence-electron chi connectivity index (χ4n) is 1.11. The molecule has 0 spiro atoms. The number of aromatic nitrogens is 1. The number of hydrogen-bond acceptors (Lipinski definition) is 1. The highest BCUT2D eigenvalue weighted by atomic mass is 35.5. The number of fused-ring (bicyclic) bond motifs is 1. The number of aromatic amines is 1. The lowest BCUT2D eigenvalue weighted by Gasteiger charge is -1.92. The van der Waals surface area contributed by atoms with E-state index in [-0.39, 0.29) is 18.0 Å². The summed E-state index contributed by atoms with van der Waals surface area (Å²) in [6, 6.07) is 9.34. The SMILES string of the molecule is Cl.O=c1cc2ccccc2c[nH]1. The molecule has 0 atom stereocenters. The molecule has 3 heteroatoms. The van der Waals surface area contributed by atoms with Gasteiger partial charge < -0.3 is 4.98 Å². The third-order valence-electron chi connectivity index (χ3n) is 1.65. The van der Waals surface area contributed by atoms with E-state index in [1.54, 1.807) is 12.3 Å². The van der Waals surface area contributed by atoms with E-state index < -0.39 is 0 Å². The molecule has 1 N–H and O–H groups in total. The van der Waals surface area contributed by atoms with E-state index in [4.69, 9.17) is 0 Å². The second-order valence-corrected chi connectivity index (χ2v) is 2.43. The lowest BCUT2D eigenvalue weighted by atomic mass is 10.2. The molecule has 0 saturated carbocycles. The van der Waals surface area contributed by atoms with Crippen LogP contribution in [0.3, 0.4) is 0 Å². The Bertz CT molecular complexity index is 435. The first-order valence-electron chi connectivity index (χ1n) is 3.44. The Kier molecular flexibility index (Phi) is 2.51. The zero-order chi connectivity index (χ0) is 7.68. The molecule has 1 aromatic carbocycles. The lowest BCUT2D eigenvalue weighted by Crippen LogP contribution is -2.00. The van der Waals surface area contributed by atoms with Gasteiger partial charge in [0.15, 0.2) is 0 Å². The molecule has 2 aromatic rings. The summed E-state index contributed by atoms with van der Waals surface area (Å²) >= 11 is 0. The molecule has 0 amide bonds. The van der Waals surface area contributed by atoms with Crippen LogP contribution in [0.15, 0.2) is 41.3 Å². The molecule has 12 heavy (non-hydrogen) atoms. The van der Waals surface area contributed by atoms with E-state index in [2.05, 4.69) is 4.98 Å². The molecule has 0 radical (unpaired) electrons. The van der Waals surface area contributed by atoms with Crippen molar-refractivity contribution in [2.75, 3.05) is 0 Å². The maximum Gasteiger partial charge on any atom is 0.248 e. The molecule has 0 aliphatic heterocycles. The van der Waals surface area contributed by atoms with Gasteiger partial charge in [0.1, 0.15) is 0 Å². The minimum absolute atomic E-state index is 0. The summed E-state index contributed by atoms with van der Waals surface area (Å²) < 4.78 is 0. The molecule has 1 heterocycles. The van der Waals surface area contributed by atoms with E-state index in [1.165, 1.54) is 0 Å². The molecule has 0 aliphatic carbocycles. The van der Waals surface area contributed by atoms with Gasteiger partial charge in [-0.15, -0.1) is 12.4 Å². The maximum atomic E-state index is 10.8. The predicted molar refractivity (Wildman–Crippen MR) is 51.8 cm³/mol. The first-order valence-corrected chi connectivity index (χ1v) is 3.44. The van der Waals surface area contributed by atoms with Gasteiger partial charge in [-0.3, -0.25) is 4.79 Å². The van der Waals surface area contributed by atoms with Crippen LogP contribution in [0.5, 0.6) is 0 Å². The number of pyridine rings is 1. The molecule has 62 valence electrons.